The average Bonchev–Trinajstić information content (AvgIpc) is 3.00. The van der Waals surface area contributed by atoms with E-state index < -0.39 is 0 Å². The van der Waals surface area contributed by atoms with Crippen molar-refractivity contribution in [3.63, 3.8) is 0 Å². The van der Waals surface area contributed by atoms with Crippen LogP contribution in [0.4, 0.5) is 0 Å². The molecule has 2 aromatic heterocycles. The molecule has 0 amide bonds. The van der Waals surface area contributed by atoms with E-state index in [0.717, 1.165) is 46.7 Å². The molecular formula is C13H20BrN5S. The molecule has 0 aliphatic carbocycles. The van der Waals surface area contributed by atoms with Crippen LogP contribution in [0.1, 0.15) is 49.0 Å². The van der Waals surface area contributed by atoms with Crippen molar-refractivity contribution in [1.29, 1.82) is 0 Å². The lowest BCUT2D eigenvalue weighted by Gasteiger charge is -2.19. The predicted octanol–water partition coefficient (Wildman–Crippen LogP) is 3.30. The smallest absolute Gasteiger partial charge is 0.0888 e. The summed E-state index contributed by atoms with van der Waals surface area (Å²) in [6, 6.07) is 0.0957. The Bertz CT molecular complexity index is 551. The van der Waals surface area contributed by atoms with Gasteiger partial charge in [-0.1, -0.05) is 18.3 Å². The highest BCUT2D eigenvalue weighted by atomic mass is 79.9. The van der Waals surface area contributed by atoms with Gasteiger partial charge >= 0.3 is 0 Å². The van der Waals surface area contributed by atoms with Gasteiger partial charge in [0.2, 0.25) is 0 Å². The van der Waals surface area contributed by atoms with Crippen molar-refractivity contribution in [2.45, 2.75) is 46.2 Å². The molecule has 0 aliphatic rings. The molecule has 0 saturated carbocycles. The van der Waals surface area contributed by atoms with Crippen LogP contribution in [0.25, 0.3) is 0 Å². The molecule has 2 aromatic rings. The highest BCUT2D eigenvalue weighted by molar-refractivity contribution is 9.10. The number of hydrogen-bond donors (Lipinski definition) is 1. The summed E-state index contributed by atoms with van der Waals surface area (Å²) in [6.45, 7) is 8.20. The first-order valence-corrected chi connectivity index (χ1v) is 8.49. The number of nitrogens with zero attached hydrogens (tertiary/aromatic N) is 4. The van der Waals surface area contributed by atoms with Crippen molar-refractivity contribution in [1.82, 2.24) is 24.7 Å². The topological polar surface area (TPSA) is 55.6 Å². The fourth-order valence-corrected chi connectivity index (χ4v) is 3.40. The van der Waals surface area contributed by atoms with Crippen LogP contribution in [0, 0.1) is 6.92 Å². The Kier molecular flexibility index (Phi) is 5.68. The van der Waals surface area contributed by atoms with Crippen LogP contribution in [0.15, 0.2) is 10.7 Å². The monoisotopic (exact) mass is 357 g/mol. The third kappa shape index (κ3) is 3.27. The number of aromatic nitrogens is 4. The molecule has 2 rings (SSSR count). The second-order valence-electron chi connectivity index (χ2n) is 4.71. The maximum absolute atomic E-state index is 4.47. The second kappa shape index (κ2) is 7.28. The molecule has 1 N–H and O–H groups in total. The molecule has 0 radical (unpaired) electrons. The average molecular weight is 358 g/mol. The summed E-state index contributed by atoms with van der Waals surface area (Å²) in [5, 5.41) is 12.2. The lowest BCUT2D eigenvalue weighted by atomic mass is 10.1. The maximum atomic E-state index is 4.47. The SMILES string of the molecule is CCCNC(c1snnc1C)c1c(Br)cnn1CCC. The Hall–Kier alpha value is -0.790. The Morgan fingerprint density at radius 2 is 2.20 bits per heavy atom. The molecular weight excluding hydrogens is 338 g/mol. The summed E-state index contributed by atoms with van der Waals surface area (Å²) in [7, 11) is 0. The first-order valence-electron chi connectivity index (χ1n) is 6.92. The molecule has 0 spiro atoms. The van der Waals surface area contributed by atoms with Gasteiger partial charge in [-0.3, -0.25) is 4.68 Å². The lowest BCUT2D eigenvalue weighted by molar-refractivity contribution is 0.512. The molecule has 0 bridgehead atoms. The van der Waals surface area contributed by atoms with Gasteiger partial charge in [0, 0.05) is 6.54 Å². The Morgan fingerprint density at radius 1 is 1.40 bits per heavy atom. The van der Waals surface area contributed by atoms with Gasteiger partial charge in [0.1, 0.15) is 0 Å². The molecule has 7 heteroatoms. The summed E-state index contributed by atoms with van der Waals surface area (Å²) < 4.78 is 7.17. The normalized spacial score (nSPS) is 12.8. The zero-order valence-corrected chi connectivity index (χ0v) is 14.5. The van der Waals surface area contributed by atoms with Gasteiger partial charge in [0.25, 0.3) is 0 Å². The maximum Gasteiger partial charge on any atom is 0.0888 e. The fourth-order valence-electron chi connectivity index (χ4n) is 2.15. The summed E-state index contributed by atoms with van der Waals surface area (Å²) in [6.07, 6.45) is 4.01. The number of aryl methyl sites for hydroxylation is 2. The Balaban J connectivity index is 2.41. The van der Waals surface area contributed by atoms with E-state index in [1.54, 1.807) is 0 Å². The van der Waals surface area contributed by atoms with E-state index in [4.69, 9.17) is 0 Å². The molecule has 0 saturated heterocycles. The van der Waals surface area contributed by atoms with E-state index in [1.807, 2.05) is 13.1 Å². The molecule has 0 aliphatic heterocycles. The van der Waals surface area contributed by atoms with Crippen LogP contribution in [0.5, 0.6) is 0 Å². The van der Waals surface area contributed by atoms with Crippen molar-refractivity contribution < 1.29 is 0 Å². The van der Waals surface area contributed by atoms with Gasteiger partial charge < -0.3 is 5.32 Å². The third-order valence-corrected chi connectivity index (χ3v) is 4.59. The highest BCUT2D eigenvalue weighted by Gasteiger charge is 2.25. The van der Waals surface area contributed by atoms with Gasteiger partial charge in [0.05, 0.1) is 33.0 Å². The first-order chi connectivity index (χ1) is 9.69. The van der Waals surface area contributed by atoms with Crippen molar-refractivity contribution in [2.24, 2.45) is 0 Å². The second-order valence-corrected chi connectivity index (χ2v) is 6.35. The van der Waals surface area contributed by atoms with E-state index in [1.165, 1.54) is 11.5 Å². The van der Waals surface area contributed by atoms with Crippen LogP contribution < -0.4 is 5.32 Å². The van der Waals surface area contributed by atoms with E-state index in [0.29, 0.717) is 0 Å². The van der Waals surface area contributed by atoms with E-state index in [9.17, 15) is 0 Å². The van der Waals surface area contributed by atoms with Gasteiger partial charge in [-0.15, -0.1) is 5.10 Å². The van der Waals surface area contributed by atoms with Crippen LogP contribution in [-0.2, 0) is 6.54 Å². The van der Waals surface area contributed by atoms with Crippen molar-refractivity contribution in [3.05, 3.63) is 26.9 Å². The van der Waals surface area contributed by atoms with Crippen molar-refractivity contribution >= 4 is 27.5 Å². The minimum Gasteiger partial charge on any atom is -0.304 e. The minimum absolute atomic E-state index is 0.0957. The first kappa shape index (κ1) is 15.6. The molecule has 5 nitrogen and oxygen atoms in total. The Labute approximate surface area is 132 Å². The van der Waals surface area contributed by atoms with Crippen molar-refractivity contribution in [3.8, 4) is 0 Å². The number of nitrogens with one attached hydrogen (secondary N) is 1. The number of hydrogen-bond acceptors (Lipinski definition) is 5. The van der Waals surface area contributed by atoms with Gasteiger partial charge in [-0.05, 0) is 53.8 Å². The zero-order valence-electron chi connectivity index (χ0n) is 12.1. The zero-order chi connectivity index (χ0) is 14.5. The predicted molar refractivity (Wildman–Crippen MR) is 85.0 cm³/mol. The number of halogens is 1. The minimum atomic E-state index is 0.0957. The molecule has 20 heavy (non-hydrogen) atoms. The molecule has 2 heterocycles. The quantitative estimate of drug-likeness (QED) is 0.825. The fraction of sp³-hybridized carbons (Fsp3) is 0.615. The van der Waals surface area contributed by atoms with E-state index >= 15 is 0 Å². The molecule has 1 atom stereocenters. The molecule has 0 aromatic carbocycles. The van der Waals surface area contributed by atoms with E-state index in [2.05, 4.69) is 54.5 Å². The van der Waals surface area contributed by atoms with Crippen LogP contribution >= 0.6 is 27.5 Å². The molecule has 0 fully saturated rings. The summed E-state index contributed by atoms with van der Waals surface area (Å²) in [5.74, 6) is 0. The summed E-state index contributed by atoms with van der Waals surface area (Å²) in [4.78, 5) is 1.16. The molecule has 110 valence electrons. The molecule has 1 unspecified atom stereocenters. The lowest BCUT2D eigenvalue weighted by Crippen LogP contribution is -2.26. The summed E-state index contributed by atoms with van der Waals surface area (Å²) >= 11 is 5.09. The standard InChI is InChI=1S/C13H20BrN5S/c1-4-6-15-11(13-9(3)17-18-20-13)12-10(14)8-16-19(12)7-5-2/h8,11,15H,4-7H2,1-3H3. The third-order valence-electron chi connectivity index (χ3n) is 3.09. The van der Waals surface area contributed by atoms with Crippen LogP contribution in [-0.4, -0.2) is 25.9 Å². The van der Waals surface area contributed by atoms with E-state index in [-0.39, 0.29) is 6.04 Å². The van der Waals surface area contributed by atoms with Gasteiger partial charge in [0.15, 0.2) is 0 Å². The van der Waals surface area contributed by atoms with Crippen LogP contribution in [0.2, 0.25) is 0 Å². The Morgan fingerprint density at radius 3 is 2.80 bits per heavy atom. The van der Waals surface area contributed by atoms with Gasteiger partial charge in [-0.2, -0.15) is 5.10 Å². The van der Waals surface area contributed by atoms with Crippen LogP contribution in [0.3, 0.4) is 0 Å². The number of rotatable bonds is 7. The summed E-state index contributed by atoms with van der Waals surface area (Å²) in [5.41, 5.74) is 2.15. The van der Waals surface area contributed by atoms with Crippen molar-refractivity contribution in [2.75, 3.05) is 6.54 Å². The van der Waals surface area contributed by atoms with Gasteiger partial charge in [-0.25, -0.2) is 0 Å². The largest absolute Gasteiger partial charge is 0.304 e. The highest BCUT2D eigenvalue weighted by Crippen LogP contribution is 2.31.